The van der Waals surface area contributed by atoms with Crippen LogP contribution in [0.2, 0.25) is 0 Å². The van der Waals surface area contributed by atoms with Crippen molar-refractivity contribution in [3.8, 4) is 56.0 Å². The number of rotatable bonds is 3. The molecule has 0 aromatic heterocycles. The molecule has 0 aliphatic carbocycles. The molecular formula is C42H26O. The molecule has 1 aliphatic rings. The molecule has 0 saturated carbocycles. The van der Waals surface area contributed by atoms with Crippen molar-refractivity contribution in [3.63, 3.8) is 0 Å². The van der Waals surface area contributed by atoms with Crippen LogP contribution in [0, 0.1) is 0 Å². The fourth-order valence-corrected chi connectivity index (χ4v) is 5.24. The number of fused-ring (bicyclic) bond motifs is 4. The molecule has 0 bridgehead atoms. The van der Waals surface area contributed by atoms with E-state index in [9.17, 15) is 11.0 Å². The van der Waals surface area contributed by atoms with Gasteiger partial charge in [0.2, 0.25) is 0 Å². The average Bonchev–Trinajstić information content (AvgIpc) is 3.30. The van der Waals surface area contributed by atoms with Gasteiger partial charge in [-0.05, 0) is 90.0 Å². The number of hydrogen-bond donors (Lipinski definition) is 0. The second-order valence-electron chi connectivity index (χ2n) is 9.34. The topological polar surface area (TPSA) is 9.23 Å². The van der Waals surface area contributed by atoms with Gasteiger partial charge in [-0.1, -0.05) is 133 Å². The molecule has 1 nitrogen and oxygen atoms in total. The van der Waals surface area contributed by atoms with Crippen LogP contribution in [-0.2, 0) is 0 Å². The summed E-state index contributed by atoms with van der Waals surface area (Å²) < 4.78 is 229. The third-order valence-corrected chi connectivity index (χ3v) is 7.03. The van der Waals surface area contributed by atoms with Gasteiger partial charge >= 0.3 is 0 Å². The smallest absolute Gasteiger partial charge is 0.135 e. The number of hydrogen-bond acceptors (Lipinski definition) is 1. The molecule has 8 aromatic carbocycles. The Kier molecular flexibility index (Phi) is 2.19. The standard InChI is InChI=1S/C42H26O/c1-2-11-27(12-3-1)29-15-8-16-30(25-29)40-32-17-4-6-19-34(32)41(35-20-7-5-18-33(35)40)31-23-24-38-37(26-31)36-21-9-13-28-14-10-22-39(43-38)42(28)36/h1-26H/i1D,2D,3D,4D,5D,6D,7D,8D,9D,10D,11D,12D,13D,14D,15D,16D,17D,18D,19D,21D,22D,23D,24D,25D,26D. The van der Waals surface area contributed by atoms with Crippen LogP contribution in [0.1, 0.15) is 34.3 Å². The highest BCUT2D eigenvalue weighted by atomic mass is 16.5. The van der Waals surface area contributed by atoms with E-state index in [2.05, 4.69) is 0 Å². The minimum Gasteiger partial charge on any atom is -0.456 e. The van der Waals surface area contributed by atoms with Crippen molar-refractivity contribution in [1.29, 1.82) is 0 Å². The normalized spacial score (nSPS) is 20.0. The Labute approximate surface area is 285 Å². The molecule has 1 heteroatoms. The summed E-state index contributed by atoms with van der Waals surface area (Å²) in [7, 11) is 0. The first kappa shape index (κ1) is 9.97. The summed E-state index contributed by atoms with van der Waals surface area (Å²) in [5.41, 5.74) is -5.08. The van der Waals surface area contributed by atoms with Gasteiger partial charge in [0.15, 0.2) is 0 Å². The van der Waals surface area contributed by atoms with Crippen molar-refractivity contribution >= 4 is 32.3 Å². The fraction of sp³-hybridized carbons (Fsp3) is 0. The Bertz CT molecular complexity index is 3730. The molecule has 200 valence electrons. The molecule has 0 unspecified atom stereocenters. The predicted octanol–water partition coefficient (Wildman–Crippen LogP) is 11.9. The molecule has 0 amide bonds. The van der Waals surface area contributed by atoms with Crippen LogP contribution in [0.15, 0.2) is 157 Å². The van der Waals surface area contributed by atoms with Crippen molar-refractivity contribution < 1.29 is 39.0 Å². The SMILES string of the molecule is [2H]c1cc2c(-c3c([2H])c([2H])c4c(c3[2H])-c3c([2H])c([2H])c([2H])c5c([2H])c([2H])c([2H])c(c35)O4)c3c([2H])c([2H])c([2H])c([2H])c3c(-c3c([2H])c([2H])c([2H])c(-c4c([2H])c([2H])c([2H])c([2H])c4[2H])c3[2H])c2c([2H])c1[2H]. The van der Waals surface area contributed by atoms with Gasteiger partial charge in [-0.15, -0.1) is 0 Å². The Morgan fingerprint density at radius 2 is 1.02 bits per heavy atom. The summed E-state index contributed by atoms with van der Waals surface area (Å²) in [6, 6.07) is -20.5. The quantitative estimate of drug-likeness (QED) is 0.192. The summed E-state index contributed by atoms with van der Waals surface area (Å²) in [5.74, 6) is -1.14. The third kappa shape index (κ3) is 3.72. The highest BCUT2D eigenvalue weighted by Crippen LogP contribution is 2.49. The van der Waals surface area contributed by atoms with E-state index in [4.69, 9.17) is 28.0 Å². The molecular weight excluding hydrogens is 520 g/mol. The molecule has 1 aliphatic heterocycles. The average molecular weight is 572 g/mol. The Hall–Kier alpha value is -5.66. The highest BCUT2D eigenvalue weighted by molar-refractivity contribution is 6.21. The Morgan fingerprint density at radius 3 is 1.86 bits per heavy atom. The lowest BCUT2D eigenvalue weighted by molar-refractivity contribution is 0.487. The van der Waals surface area contributed by atoms with Crippen molar-refractivity contribution in [3.05, 3.63) is 157 Å². The van der Waals surface area contributed by atoms with Gasteiger partial charge in [-0.2, -0.15) is 0 Å². The van der Waals surface area contributed by atoms with Gasteiger partial charge in [0.25, 0.3) is 0 Å². The maximum atomic E-state index is 9.83. The zero-order valence-electron chi connectivity index (χ0n) is 46.5. The first-order chi connectivity index (χ1) is 31.7. The van der Waals surface area contributed by atoms with Gasteiger partial charge in [0.1, 0.15) is 11.5 Å². The predicted molar refractivity (Wildman–Crippen MR) is 181 cm³/mol. The van der Waals surface area contributed by atoms with E-state index in [1.807, 2.05) is 0 Å². The second-order valence-corrected chi connectivity index (χ2v) is 9.34. The minimum atomic E-state index is -0.997. The maximum absolute atomic E-state index is 9.83. The molecule has 1 heterocycles. The first-order valence-corrected chi connectivity index (χ1v) is 12.7. The zero-order valence-corrected chi connectivity index (χ0v) is 21.5. The molecule has 9 rings (SSSR count). The Balaban J connectivity index is 1.56. The van der Waals surface area contributed by atoms with E-state index in [1.165, 1.54) is 0 Å². The van der Waals surface area contributed by atoms with Gasteiger partial charge in [-0.25, -0.2) is 0 Å². The fourth-order valence-electron chi connectivity index (χ4n) is 5.24. The third-order valence-electron chi connectivity index (χ3n) is 7.03. The zero-order chi connectivity index (χ0) is 50.1. The molecule has 0 fully saturated rings. The van der Waals surface area contributed by atoms with Crippen molar-refractivity contribution in [2.75, 3.05) is 0 Å². The van der Waals surface area contributed by atoms with Crippen LogP contribution in [0.25, 0.3) is 76.8 Å². The molecule has 8 aromatic rings. The second kappa shape index (κ2) is 9.44. The van der Waals surface area contributed by atoms with E-state index in [0.29, 0.717) is 0 Å². The van der Waals surface area contributed by atoms with E-state index < -0.39 is 234 Å². The summed E-state index contributed by atoms with van der Waals surface area (Å²) in [5, 5.41) is -3.05. The molecule has 0 spiro atoms. The van der Waals surface area contributed by atoms with Crippen LogP contribution in [-0.4, -0.2) is 0 Å². The van der Waals surface area contributed by atoms with Crippen LogP contribution in [0.5, 0.6) is 11.5 Å². The van der Waals surface area contributed by atoms with Gasteiger partial charge < -0.3 is 4.74 Å². The van der Waals surface area contributed by atoms with Gasteiger partial charge in [0.05, 0.1) is 34.3 Å². The first-order valence-electron chi connectivity index (χ1n) is 25.2. The van der Waals surface area contributed by atoms with E-state index >= 15 is 0 Å². The number of benzene rings is 8. The summed E-state index contributed by atoms with van der Waals surface area (Å²) in [6.45, 7) is 0. The van der Waals surface area contributed by atoms with Crippen molar-refractivity contribution in [2.24, 2.45) is 0 Å². The maximum Gasteiger partial charge on any atom is 0.135 e. The van der Waals surface area contributed by atoms with Gasteiger partial charge in [0, 0.05) is 10.9 Å². The number of ether oxygens (including phenoxy) is 1. The highest BCUT2D eigenvalue weighted by Gasteiger charge is 2.22. The van der Waals surface area contributed by atoms with E-state index in [0.717, 1.165) is 6.07 Å². The summed E-state index contributed by atoms with van der Waals surface area (Å²) in [4.78, 5) is 0. The van der Waals surface area contributed by atoms with Gasteiger partial charge in [-0.3, -0.25) is 0 Å². The molecule has 43 heavy (non-hydrogen) atoms. The van der Waals surface area contributed by atoms with Crippen molar-refractivity contribution in [1.82, 2.24) is 0 Å². The van der Waals surface area contributed by atoms with Crippen LogP contribution in [0.4, 0.5) is 0 Å². The molecule has 0 atom stereocenters. The Morgan fingerprint density at radius 1 is 0.395 bits per heavy atom. The lowest BCUT2D eigenvalue weighted by Crippen LogP contribution is -1.98. The summed E-state index contributed by atoms with van der Waals surface area (Å²) in [6.07, 6.45) is 0. The van der Waals surface area contributed by atoms with E-state index in [1.54, 1.807) is 0 Å². The van der Waals surface area contributed by atoms with Crippen LogP contribution < -0.4 is 4.74 Å². The minimum absolute atomic E-state index is 0.316. The molecule has 0 radical (unpaired) electrons. The van der Waals surface area contributed by atoms with E-state index in [-0.39, 0.29) is 5.39 Å². The molecule has 0 saturated heterocycles. The van der Waals surface area contributed by atoms with Crippen molar-refractivity contribution in [2.45, 2.75) is 0 Å². The van der Waals surface area contributed by atoms with Crippen LogP contribution >= 0.6 is 0 Å². The lowest BCUT2D eigenvalue weighted by atomic mass is 9.84. The monoisotopic (exact) mass is 571 g/mol. The summed E-state index contributed by atoms with van der Waals surface area (Å²) >= 11 is 0. The largest absolute Gasteiger partial charge is 0.456 e. The molecule has 0 N–H and O–H groups in total. The van der Waals surface area contributed by atoms with Crippen LogP contribution in [0.3, 0.4) is 0 Å². The lowest BCUT2D eigenvalue weighted by Gasteiger charge is -2.23.